The van der Waals surface area contributed by atoms with Gasteiger partial charge in [0.2, 0.25) is 0 Å². The molecule has 1 aromatic rings. The molecular weight excluding hydrogens is 132 g/mol. The number of nitrogens with zero attached hydrogens (tertiary/aromatic N) is 2. The molecule has 1 aliphatic rings. The first-order valence-electron chi connectivity index (χ1n) is 3.06. The number of thiol groups is 1. The lowest BCUT2D eigenvalue weighted by Crippen LogP contribution is -1.86. The lowest BCUT2D eigenvalue weighted by Gasteiger charge is -1.94. The van der Waals surface area contributed by atoms with Crippen LogP contribution in [0.3, 0.4) is 0 Å². The highest BCUT2D eigenvalue weighted by Gasteiger charge is 2.17. The van der Waals surface area contributed by atoms with E-state index < -0.39 is 0 Å². The molecule has 0 saturated carbocycles. The topological polar surface area (TPSA) is 17.8 Å². The van der Waals surface area contributed by atoms with E-state index in [1.54, 1.807) is 0 Å². The molecule has 1 atom stereocenters. The van der Waals surface area contributed by atoms with Gasteiger partial charge in [-0.1, -0.05) is 0 Å². The molecule has 0 amide bonds. The molecule has 0 spiro atoms. The van der Waals surface area contributed by atoms with E-state index in [0.717, 1.165) is 13.0 Å². The second-order valence-corrected chi connectivity index (χ2v) is 2.94. The summed E-state index contributed by atoms with van der Waals surface area (Å²) < 4.78 is 2.15. The maximum absolute atomic E-state index is 4.38. The highest BCUT2D eigenvalue weighted by molar-refractivity contribution is 7.80. The molecule has 3 heteroatoms. The first-order chi connectivity index (χ1) is 4.38. The van der Waals surface area contributed by atoms with Crippen LogP contribution in [0.2, 0.25) is 0 Å². The van der Waals surface area contributed by atoms with Gasteiger partial charge in [0.15, 0.2) is 0 Å². The molecule has 0 radical (unpaired) electrons. The monoisotopic (exact) mass is 140 g/mol. The van der Waals surface area contributed by atoms with Gasteiger partial charge in [0, 0.05) is 18.0 Å². The second kappa shape index (κ2) is 1.77. The second-order valence-electron chi connectivity index (χ2n) is 2.32. The summed E-state index contributed by atoms with van der Waals surface area (Å²) >= 11 is 4.38. The van der Waals surface area contributed by atoms with Gasteiger partial charge in [-0.2, -0.15) is 12.6 Å². The van der Waals surface area contributed by atoms with Crippen molar-refractivity contribution < 1.29 is 0 Å². The highest BCUT2D eigenvalue weighted by Crippen LogP contribution is 2.29. The van der Waals surface area contributed by atoms with Gasteiger partial charge in [-0.05, 0) is 6.42 Å². The molecule has 1 unspecified atom stereocenters. The average molecular weight is 140 g/mol. The molecule has 0 fully saturated rings. The average Bonchev–Trinajstić information content (AvgIpc) is 2.35. The van der Waals surface area contributed by atoms with Crippen molar-refractivity contribution in [3.8, 4) is 0 Å². The fourth-order valence-corrected chi connectivity index (χ4v) is 1.53. The van der Waals surface area contributed by atoms with Gasteiger partial charge >= 0.3 is 0 Å². The van der Waals surface area contributed by atoms with Gasteiger partial charge in [-0.3, -0.25) is 0 Å². The van der Waals surface area contributed by atoms with Crippen molar-refractivity contribution >= 4 is 12.6 Å². The summed E-state index contributed by atoms with van der Waals surface area (Å²) in [6.45, 7) is 1.09. The van der Waals surface area contributed by atoms with E-state index in [9.17, 15) is 0 Å². The Morgan fingerprint density at radius 2 is 2.67 bits per heavy atom. The van der Waals surface area contributed by atoms with Gasteiger partial charge in [0.25, 0.3) is 0 Å². The van der Waals surface area contributed by atoms with Gasteiger partial charge < -0.3 is 4.57 Å². The number of imidazole rings is 1. The van der Waals surface area contributed by atoms with Gasteiger partial charge in [0.05, 0.1) is 12.0 Å². The number of rotatable bonds is 0. The first kappa shape index (κ1) is 5.35. The van der Waals surface area contributed by atoms with E-state index in [1.807, 2.05) is 12.5 Å². The summed E-state index contributed by atoms with van der Waals surface area (Å²) in [5, 5.41) is 0.424. The fraction of sp³-hybridized carbons (Fsp3) is 0.500. The quantitative estimate of drug-likeness (QED) is 0.537. The van der Waals surface area contributed by atoms with E-state index in [-0.39, 0.29) is 0 Å². The van der Waals surface area contributed by atoms with Crippen LogP contribution in [0.1, 0.15) is 17.4 Å². The van der Waals surface area contributed by atoms with Gasteiger partial charge in [-0.15, -0.1) is 0 Å². The number of aromatic nitrogens is 2. The van der Waals surface area contributed by atoms with E-state index in [4.69, 9.17) is 0 Å². The Balaban J connectivity index is 2.49. The third-order valence-electron chi connectivity index (χ3n) is 1.73. The van der Waals surface area contributed by atoms with E-state index in [1.165, 1.54) is 5.69 Å². The minimum absolute atomic E-state index is 0.424. The van der Waals surface area contributed by atoms with Crippen molar-refractivity contribution in [1.29, 1.82) is 0 Å². The molecule has 0 saturated heterocycles. The molecule has 0 bridgehead atoms. The van der Waals surface area contributed by atoms with Crippen LogP contribution in [-0.2, 0) is 6.54 Å². The molecule has 0 N–H and O–H groups in total. The summed E-state index contributed by atoms with van der Waals surface area (Å²) in [5.41, 5.74) is 1.26. The highest BCUT2D eigenvalue weighted by atomic mass is 32.1. The summed E-state index contributed by atoms with van der Waals surface area (Å²) in [5.74, 6) is 0. The molecule has 1 aliphatic heterocycles. The van der Waals surface area contributed by atoms with Crippen molar-refractivity contribution in [2.75, 3.05) is 0 Å². The minimum atomic E-state index is 0.424. The first-order valence-corrected chi connectivity index (χ1v) is 3.57. The summed E-state index contributed by atoms with van der Waals surface area (Å²) in [4.78, 5) is 4.01. The zero-order chi connectivity index (χ0) is 6.27. The number of hydrogen-bond donors (Lipinski definition) is 1. The van der Waals surface area contributed by atoms with Gasteiger partial charge in [0.1, 0.15) is 0 Å². The van der Waals surface area contributed by atoms with Crippen LogP contribution in [0.25, 0.3) is 0 Å². The molecule has 2 heterocycles. The van der Waals surface area contributed by atoms with Crippen molar-refractivity contribution in [1.82, 2.24) is 9.55 Å². The van der Waals surface area contributed by atoms with E-state index in [2.05, 4.69) is 22.2 Å². The van der Waals surface area contributed by atoms with Crippen LogP contribution >= 0.6 is 12.6 Å². The SMILES string of the molecule is SC1CCn2cncc21. The Bertz CT molecular complexity index is 219. The Morgan fingerprint density at radius 1 is 1.78 bits per heavy atom. The molecular formula is C6H8N2S. The van der Waals surface area contributed by atoms with Crippen LogP contribution in [0.15, 0.2) is 12.5 Å². The summed E-state index contributed by atoms with van der Waals surface area (Å²) in [7, 11) is 0. The standard InChI is InChI=1S/C6H8N2S/c9-6-1-2-8-4-7-3-5(6)8/h3-4,6,9H,1-2H2. The van der Waals surface area contributed by atoms with Crippen LogP contribution in [0.4, 0.5) is 0 Å². The van der Waals surface area contributed by atoms with Crippen LogP contribution in [0, 0.1) is 0 Å². The van der Waals surface area contributed by atoms with Crippen molar-refractivity contribution in [2.45, 2.75) is 18.2 Å². The largest absolute Gasteiger partial charge is 0.334 e. The van der Waals surface area contributed by atoms with Crippen molar-refractivity contribution in [2.24, 2.45) is 0 Å². The third-order valence-corrected chi connectivity index (χ3v) is 2.25. The lowest BCUT2D eigenvalue weighted by molar-refractivity contribution is 0.739. The third kappa shape index (κ3) is 0.678. The molecule has 9 heavy (non-hydrogen) atoms. The number of fused-ring (bicyclic) bond motifs is 1. The number of hydrogen-bond acceptors (Lipinski definition) is 2. The van der Waals surface area contributed by atoms with Crippen molar-refractivity contribution in [3.63, 3.8) is 0 Å². The van der Waals surface area contributed by atoms with Crippen molar-refractivity contribution in [3.05, 3.63) is 18.2 Å². The molecule has 0 aromatic carbocycles. The zero-order valence-corrected chi connectivity index (χ0v) is 5.88. The Hall–Kier alpha value is -0.440. The van der Waals surface area contributed by atoms with Crippen LogP contribution < -0.4 is 0 Å². The van der Waals surface area contributed by atoms with E-state index >= 15 is 0 Å². The molecule has 0 aliphatic carbocycles. The Morgan fingerprint density at radius 3 is 3.44 bits per heavy atom. The molecule has 48 valence electrons. The maximum Gasteiger partial charge on any atom is 0.0948 e. The number of aryl methyl sites for hydroxylation is 1. The fourth-order valence-electron chi connectivity index (χ4n) is 1.20. The predicted molar refractivity (Wildman–Crippen MR) is 38.6 cm³/mol. The van der Waals surface area contributed by atoms with E-state index in [0.29, 0.717) is 5.25 Å². The summed E-state index contributed by atoms with van der Waals surface area (Å²) in [6, 6.07) is 0. The smallest absolute Gasteiger partial charge is 0.0948 e. The molecule has 1 aromatic heterocycles. The minimum Gasteiger partial charge on any atom is -0.334 e. The van der Waals surface area contributed by atoms with Crippen LogP contribution in [0.5, 0.6) is 0 Å². The van der Waals surface area contributed by atoms with Crippen LogP contribution in [-0.4, -0.2) is 9.55 Å². The zero-order valence-electron chi connectivity index (χ0n) is 4.99. The maximum atomic E-state index is 4.38. The molecule has 2 nitrogen and oxygen atoms in total. The Labute approximate surface area is 59.3 Å². The summed E-state index contributed by atoms with van der Waals surface area (Å²) in [6.07, 6.45) is 4.91. The Kier molecular flexibility index (Phi) is 1.05. The molecule has 2 rings (SSSR count). The lowest BCUT2D eigenvalue weighted by atomic mass is 10.3. The predicted octanol–water partition coefficient (Wildman–Crippen LogP) is 1.26. The van der Waals surface area contributed by atoms with Gasteiger partial charge in [-0.25, -0.2) is 4.98 Å². The normalized spacial score (nSPS) is 24.3.